The third-order valence-electron chi connectivity index (χ3n) is 2.65. The van der Waals surface area contributed by atoms with Crippen molar-refractivity contribution in [1.29, 1.82) is 0 Å². The molecule has 110 valence electrons. The van der Waals surface area contributed by atoms with Crippen molar-refractivity contribution in [2.75, 3.05) is 27.8 Å². The van der Waals surface area contributed by atoms with Crippen LogP contribution in [0.3, 0.4) is 0 Å². The minimum absolute atomic E-state index is 0.0279. The summed E-state index contributed by atoms with van der Waals surface area (Å²) < 4.78 is 20.5. The molecule has 0 aliphatic heterocycles. The van der Waals surface area contributed by atoms with Crippen LogP contribution in [0.4, 0.5) is 0 Å². The molecule has 0 saturated carbocycles. The predicted molar refractivity (Wildman–Crippen MR) is 71.3 cm³/mol. The topological polar surface area (TPSA) is 71.1 Å². The number of benzene rings is 1. The normalized spacial score (nSPS) is 10.2. The SMILES string of the molecule is COCOc1cc(C)c(C=O)c(OCOC)c1CC=O. The molecule has 1 aromatic rings. The molecule has 0 atom stereocenters. The molecule has 20 heavy (non-hydrogen) atoms. The van der Waals surface area contributed by atoms with E-state index in [9.17, 15) is 9.59 Å². The summed E-state index contributed by atoms with van der Waals surface area (Å²) in [5.41, 5.74) is 1.57. The van der Waals surface area contributed by atoms with Crippen LogP contribution in [0, 0.1) is 6.92 Å². The van der Waals surface area contributed by atoms with Crippen molar-refractivity contribution in [3.05, 3.63) is 22.8 Å². The molecule has 6 heteroatoms. The number of hydrogen-bond acceptors (Lipinski definition) is 6. The van der Waals surface area contributed by atoms with Crippen molar-refractivity contribution in [3.8, 4) is 11.5 Å². The Morgan fingerprint density at radius 3 is 2.30 bits per heavy atom. The lowest BCUT2D eigenvalue weighted by atomic mass is 10.0. The van der Waals surface area contributed by atoms with Crippen molar-refractivity contribution < 1.29 is 28.5 Å². The van der Waals surface area contributed by atoms with Gasteiger partial charge in [-0.1, -0.05) is 0 Å². The molecule has 0 spiro atoms. The van der Waals surface area contributed by atoms with E-state index in [1.165, 1.54) is 14.2 Å². The van der Waals surface area contributed by atoms with Crippen molar-refractivity contribution in [3.63, 3.8) is 0 Å². The Balaban J connectivity index is 3.33. The summed E-state index contributed by atoms with van der Waals surface area (Å²) in [5.74, 6) is 0.758. The second-order valence-electron chi connectivity index (χ2n) is 4.00. The molecule has 0 aliphatic carbocycles. The van der Waals surface area contributed by atoms with Gasteiger partial charge in [-0.2, -0.15) is 0 Å². The monoisotopic (exact) mass is 282 g/mol. The molecule has 0 radical (unpaired) electrons. The Labute approximate surface area is 117 Å². The van der Waals surface area contributed by atoms with Crippen molar-refractivity contribution in [2.24, 2.45) is 0 Å². The number of ether oxygens (including phenoxy) is 4. The molecule has 0 aliphatic rings. The lowest BCUT2D eigenvalue weighted by Gasteiger charge is -2.17. The second-order valence-corrected chi connectivity index (χ2v) is 4.00. The lowest BCUT2D eigenvalue weighted by Crippen LogP contribution is -2.10. The zero-order valence-corrected chi connectivity index (χ0v) is 11.8. The Morgan fingerprint density at radius 2 is 1.75 bits per heavy atom. The second kappa shape index (κ2) is 8.29. The van der Waals surface area contributed by atoms with Gasteiger partial charge in [0.1, 0.15) is 17.8 Å². The van der Waals surface area contributed by atoms with E-state index in [1.807, 2.05) is 0 Å². The van der Waals surface area contributed by atoms with Crippen LogP contribution in [0.2, 0.25) is 0 Å². The summed E-state index contributed by atoms with van der Waals surface area (Å²) in [6, 6.07) is 1.68. The van der Waals surface area contributed by atoms with E-state index in [0.29, 0.717) is 34.5 Å². The van der Waals surface area contributed by atoms with Crippen LogP contribution < -0.4 is 9.47 Å². The summed E-state index contributed by atoms with van der Waals surface area (Å²) in [5, 5.41) is 0. The highest BCUT2D eigenvalue weighted by Crippen LogP contribution is 2.34. The Morgan fingerprint density at radius 1 is 1.10 bits per heavy atom. The molecule has 0 bridgehead atoms. The highest BCUT2D eigenvalue weighted by atomic mass is 16.7. The first kappa shape index (κ1) is 16.1. The fourth-order valence-electron chi connectivity index (χ4n) is 1.77. The van der Waals surface area contributed by atoms with Gasteiger partial charge in [0.25, 0.3) is 0 Å². The number of rotatable bonds is 9. The quantitative estimate of drug-likeness (QED) is 0.505. The maximum absolute atomic E-state index is 11.2. The van der Waals surface area contributed by atoms with Crippen LogP contribution >= 0.6 is 0 Å². The van der Waals surface area contributed by atoms with Gasteiger partial charge >= 0.3 is 0 Å². The zero-order valence-electron chi connectivity index (χ0n) is 11.8. The highest BCUT2D eigenvalue weighted by molar-refractivity contribution is 5.84. The average Bonchev–Trinajstić information content (AvgIpc) is 2.45. The van der Waals surface area contributed by atoms with Gasteiger partial charge in [0.2, 0.25) is 0 Å². The van der Waals surface area contributed by atoms with E-state index in [1.54, 1.807) is 13.0 Å². The first-order valence-electron chi connectivity index (χ1n) is 5.98. The third kappa shape index (κ3) is 3.79. The standard InChI is InChI=1S/C14H18O6/c1-10-6-13(19-8-17-2)11(4-5-15)14(12(10)7-16)20-9-18-3/h5-7H,4,8-9H2,1-3H3. The van der Waals surface area contributed by atoms with E-state index in [4.69, 9.17) is 18.9 Å². The fraction of sp³-hybridized carbons (Fsp3) is 0.429. The Kier molecular flexibility index (Phi) is 6.69. The van der Waals surface area contributed by atoms with Gasteiger partial charge < -0.3 is 23.7 Å². The number of aryl methyl sites for hydroxylation is 1. The first-order chi connectivity index (χ1) is 9.69. The molecule has 0 amide bonds. The summed E-state index contributed by atoms with van der Waals surface area (Å²) in [6.07, 6.45) is 1.48. The van der Waals surface area contributed by atoms with Gasteiger partial charge in [-0.15, -0.1) is 0 Å². The van der Waals surface area contributed by atoms with Crippen LogP contribution in [-0.2, 0) is 20.7 Å². The largest absolute Gasteiger partial charge is 0.467 e. The van der Waals surface area contributed by atoms with Crippen molar-refractivity contribution in [2.45, 2.75) is 13.3 Å². The molecular weight excluding hydrogens is 264 g/mol. The minimum atomic E-state index is -0.0279. The molecular formula is C14H18O6. The van der Waals surface area contributed by atoms with Crippen LogP contribution in [0.5, 0.6) is 11.5 Å². The van der Waals surface area contributed by atoms with E-state index in [0.717, 1.165) is 6.29 Å². The Hall–Kier alpha value is -1.92. The molecule has 0 fully saturated rings. The molecule has 0 saturated heterocycles. The van der Waals surface area contributed by atoms with Gasteiger partial charge in [0.05, 0.1) is 5.56 Å². The molecule has 1 rings (SSSR count). The van der Waals surface area contributed by atoms with Crippen molar-refractivity contribution >= 4 is 12.6 Å². The summed E-state index contributed by atoms with van der Waals surface area (Å²) in [7, 11) is 2.96. The smallest absolute Gasteiger partial charge is 0.188 e. The Bertz CT molecular complexity index is 469. The van der Waals surface area contributed by atoms with E-state index in [2.05, 4.69) is 0 Å². The molecule has 0 unspecified atom stereocenters. The van der Waals surface area contributed by atoms with Crippen LogP contribution in [0.15, 0.2) is 6.07 Å². The van der Waals surface area contributed by atoms with E-state index in [-0.39, 0.29) is 20.0 Å². The van der Waals surface area contributed by atoms with E-state index < -0.39 is 0 Å². The summed E-state index contributed by atoms with van der Waals surface area (Å²) >= 11 is 0. The van der Waals surface area contributed by atoms with Gasteiger partial charge in [0.15, 0.2) is 19.9 Å². The van der Waals surface area contributed by atoms with Gasteiger partial charge in [-0.25, -0.2) is 0 Å². The molecule has 1 aromatic carbocycles. The maximum atomic E-state index is 11.2. The lowest BCUT2D eigenvalue weighted by molar-refractivity contribution is -0.107. The van der Waals surface area contributed by atoms with Crippen LogP contribution in [0.25, 0.3) is 0 Å². The van der Waals surface area contributed by atoms with Crippen molar-refractivity contribution in [1.82, 2.24) is 0 Å². The highest BCUT2D eigenvalue weighted by Gasteiger charge is 2.18. The number of hydrogen-bond donors (Lipinski definition) is 0. The van der Waals surface area contributed by atoms with Gasteiger partial charge in [-0.05, 0) is 18.6 Å². The van der Waals surface area contributed by atoms with Crippen LogP contribution in [-0.4, -0.2) is 40.4 Å². The van der Waals surface area contributed by atoms with Gasteiger partial charge in [0, 0.05) is 26.2 Å². The maximum Gasteiger partial charge on any atom is 0.188 e. The average molecular weight is 282 g/mol. The number of methoxy groups -OCH3 is 2. The number of carbonyl (C=O) groups excluding carboxylic acids is 2. The molecule has 0 N–H and O–H groups in total. The predicted octanol–water partition coefficient (Wildman–Crippen LogP) is 1.51. The van der Waals surface area contributed by atoms with Gasteiger partial charge in [-0.3, -0.25) is 4.79 Å². The number of carbonyl (C=O) groups is 2. The molecule has 6 nitrogen and oxygen atoms in total. The van der Waals surface area contributed by atoms with Crippen LogP contribution in [0.1, 0.15) is 21.5 Å². The fourth-order valence-corrected chi connectivity index (χ4v) is 1.77. The summed E-state index contributed by atoms with van der Waals surface area (Å²) in [4.78, 5) is 22.1. The number of aldehydes is 2. The summed E-state index contributed by atoms with van der Waals surface area (Å²) in [6.45, 7) is 1.77. The minimum Gasteiger partial charge on any atom is -0.467 e. The molecule has 0 heterocycles. The van der Waals surface area contributed by atoms with E-state index >= 15 is 0 Å². The third-order valence-corrected chi connectivity index (χ3v) is 2.65. The zero-order chi connectivity index (χ0) is 15.0. The molecule has 0 aromatic heterocycles. The first-order valence-corrected chi connectivity index (χ1v) is 5.98.